The Morgan fingerprint density at radius 1 is 0.875 bits per heavy atom. The molecule has 136 valence electrons. The molecule has 1 aliphatic carbocycles. The van der Waals surface area contributed by atoms with Crippen molar-refractivity contribution in [2.24, 2.45) is 0 Å². The van der Waals surface area contributed by atoms with Gasteiger partial charge in [0.1, 0.15) is 0 Å². The van der Waals surface area contributed by atoms with Crippen LogP contribution in [-0.2, 0) is 0 Å². The van der Waals surface area contributed by atoms with Gasteiger partial charge in [0, 0.05) is 31.8 Å². The lowest BCUT2D eigenvalue weighted by molar-refractivity contribution is 0.339. The zero-order valence-electron chi connectivity index (χ0n) is 13.5. The second-order valence-electron chi connectivity index (χ2n) is 5.93. The molecule has 0 aromatic carbocycles. The topological polar surface area (TPSA) is 40.5 Å². The van der Waals surface area contributed by atoms with Crippen LogP contribution in [0.25, 0.3) is 0 Å². The average Bonchev–Trinajstić information content (AvgIpc) is 3.27. The molecule has 0 spiro atoms. The molecule has 2 N–H and O–H groups in total. The summed E-state index contributed by atoms with van der Waals surface area (Å²) < 4.78 is 1.19. The van der Waals surface area contributed by atoms with Gasteiger partial charge < -0.3 is 10.2 Å². The van der Waals surface area contributed by atoms with Gasteiger partial charge in [-0.2, -0.15) is 23.5 Å². The van der Waals surface area contributed by atoms with E-state index in [0.717, 1.165) is 20.3 Å². The van der Waals surface area contributed by atoms with Crippen molar-refractivity contribution >= 4 is 70.6 Å². The summed E-state index contributed by atoms with van der Waals surface area (Å²) in [6.45, 7) is 0.399. The zero-order chi connectivity index (χ0) is 16.8. The number of hydrogen-bond acceptors (Lipinski definition) is 8. The van der Waals surface area contributed by atoms with Crippen LogP contribution in [0.4, 0.5) is 0 Å². The highest BCUT2D eigenvalue weighted by atomic mass is 32.2. The first-order valence-corrected chi connectivity index (χ1v) is 14.0. The third kappa shape index (κ3) is 6.29. The van der Waals surface area contributed by atoms with Crippen molar-refractivity contribution in [2.45, 2.75) is 45.3 Å². The number of aliphatic hydroxyl groups excluding tert-OH is 2. The van der Waals surface area contributed by atoms with Crippen molar-refractivity contribution in [1.82, 2.24) is 0 Å². The molecular weight excluding hydrogens is 417 g/mol. The Bertz CT molecular complexity index is 429. The van der Waals surface area contributed by atoms with Crippen LogP contribution in [0.2, 0.25) is 0 Å². The summed E-state index contributed by atoms with van der Waals surface area (Å²) in [4.78, 5) is 2.26. The fourth-order valence-corrected chi connectivity index (χ4v) is 11.3. The third-order valence-corrected chi connectivity index (χ3v) is 13.1. The van der Waals surface area contributed by atoms with E-state index < -0.39 is 0 Å². The molecule has 0 aromatic heterocycles. The van der Waals surface area contributed by atoms with Crippen LogP contribution >= 0.6 is 70.6 Å². The van der Waals surface area contributed by atoms with Crippen molar-refractivity contribution in [2.75, 3.05) is 24.7 Å². The summed E-state index contributed by atoms with van der Waals surface area (Å²) in [6, 6.07) is 0. The lowest BCUT2D eigenvalue weighted by atomic mass is 10.00. The molecule has 8 heteroatoms. The Balaban J connectivity index is 1.31. The van der Waals surface area contributed by atoms with Gasteiger partial charge in [-0.1, -0.05) is 6.42 Å². The second-order valence-corrected chi connectivity index (χ2v) is 14.0. The van der Waals surface area contributed by atoms with E-state index in [-0.39, 0.29) is 13.2 Å². The fourth-order valence-electron chi connectivity index (χ4n) is 2.88. The molecule has 2 aliphatic heterocycles. The van der Waals surface area contributed by atoms with Gasteiger partial charge in [-0.05, 0) is 30.1 Å². The summed E-state index contributed by atoms with van der Waals surface area (Å²) >= 11 is 11.7. The summed E-state index contributed by atoms with van der Waals surface area (Å²) in [5, 5.41) is 24.2. The third-order valence-electron chi connectivity index (χ3n) is 4.09. The Hall–Kier alpha value is 1.50. The van der Waals surface area contributed by atoms with Crippen LogP contribution < -0.4 is 0 Å². The molecule has 0 aromatic rings. The lowest BCUT2D eigenvalue weighted by Gasteiger charge is -2.29. The zero-order valence-corrected chi connectivity index (χ0v) is 18.4. The Morgan fingerprint density at radius 3 is 1.79 bits per heavy atom. The van der Waals surface area contributed by atoms with E-state index >= 15 is 0 Å². The molecule has 24 heavy (non-hydrogen) atoms. The summed E-state index contributed by atoms with van der Waals surface area (Å²) in [6.07, 6.45) is 5.45. The average molecular weight is 441 g/mol. The smallest absolute Gasteiger partial charge is 0.0746 e. The highest BCUT2D eigenvalue weighted by molar-refractivity contribution is 8.24. The van der Waals surface area contributed by atoms with Crippen LogP contribution in [0, 0.1) is 0 Å². The Kier molecular flexibility index (Phi) is 9.05. The number of rotatable bonds is 8. The molecule has 1 saturated carbocycles. The molecule has 0 bridgehead atoms. The van der Waals surface area contributed by atoms with E-state index in [2.05, 4.69) is 34.3 Å². The van der Waals surface area contributed by atoms with Crippen molar-refractivity contribution in [3.63, 3.8) is 0 Å². The van der Waals surface area contributed by atoms with Gasteiger partial charge in [-0.15, -0.1) is 47.0 Å². The predicted octanol–water partition coefficient (Wildman–Crippen LogP) is 5.04. The van der Waals surface area contributed by atoms with Gasteiger partial charge in [-0.25, -0.2) is 0 Å². The quantitative estimate of drug-likeness (QED) is 0.544. The maximum atomic E-state index is 9.18. The van der Waals surface area contributed by atoms with Gasteiger partial charge in [0.25, 0.3) is 0 Å². The maximum absolute atomic E-state index is 9.18. The van der Waals surface area contributed by atoms with Crippen molar-refractivity contribution < 1.29 is 10.2 Å². The summed E-state index contributed by atoms with van der Waals surface area (Å²) in [7, 11) is 0. The molecule has 3 aliphatic rings. The van der Waals surface area contributed by atoms with Crippen molar-refractivity contribution in [3.05, 3.63) is 20.6 Å². The minimum atomic E-state index is 0.199. The van der Waals surface area contributed by atoms with Crippen LogP contribution in [0.5, 0.6) is 0 Å². The molecule has 0 radical (unpaired) electrons. The molecule has 0 saturated heterocycles. The summed E-state index contributed by atoms with van der Waals surface area (Å²) in [5.74, 6) is 2.38. The lowest BCUT2D eigenvalue weighted by Crippen LogP contribution is -2.21. The predicted molar refractivity (Wildman–Crippen MR) is 119 cm³/mol. The Labute approximate surface area is 170 Å². The molecule has 4 unspecified atom stereocenters. The van der Waals surface area contributed by atoms with Gasteiger partial charge in [0.05, 0.1) is 22.4 Å². The van der Waals surface area contributed by atoms with Gasteiger partial charge in [0.15, 0.2) is 0 Å². The van der Waals surface area contributed by atoms with E-state index in [0.29, 0.717) is 9.16 Å². The van der Waals surface area contributed by atoms with Crippen molar-refractivity contribution in [3.8, 4) is 0 Å². The van der Waals surface area contributed by atoms with E-state index in [9.17, 15) is 10.2 Å². The van der Waals surface area contributed by atoms with Crippen molar-refractivity contribution in [1.29, 1.82) is 0 Å². The maximum Gasteiger partial charge on any atom is 0.0746 e. The molecule has 2 heterocycles. The highest BCUT2D eigenvalue weighted by Crippen LogP contribution is 2.45. The van der Waals surface area contributed by atoms with E-state index in [4.69, 9.17) is 0 Å². The van der Waals surface area contributed by atoms with E-state index in [1.54, 1.807) is 0 Å². The number of aliphatic hydroxyl groups is 2. The fraction of sp³-hybridized carbons (Fsp3) is 0.750. The second kappa shape index (κ2) is 10.7. The first-order chi connectivity index (χ1) is 11.8. The van der Waals surface area contributed by atoms with Gasteiger partial charge in [-0.3, -0.25) is 0 Å². The molecule has 1 fully saturated rings. The van der Waals surface area contributed by atoms with E-state index in [1.165, 1.54) is 37.2 Å². The molecular formula is C16H24O2S6. The van der Waals surface area contributed by atoms with Crippen LogP contribution in [0.15, 0.2) is 20.6 Å². The normalized spacial score (nSPS) is 33.6. The SMILES string of the molecule is OCC1=CSC(CSC2CCCC(SCC3SC=C(CO)S3)C2)S1. The van der Waals surface area contributed by atoms with Crippen LogP contribution in [0.3, 0.4) is 0 Å². The molecule has 4 atom stereocenters. The minimum Gasteiger partial charge on any atom is -0.391 e. The highest BCUT2D eigenvalue weighted by Gasteiger charge is 2.27. The Morgan fingerprint density at radius 2 is 1.38 bits per heavy atom. The standard InChI is InChI=1S/C16H24O2S6/c17-5-13-7-21-15(23-13)9-19-11-2-1-3-12(4-11)20-10-16-22-8-14(6-18)24-16/h7-8,11-12,15-18H,1-6,9-10H2. The number of thioether (sulfide) groups is 6. The minimum absolute atomic E-state index is 0.199. The first-order valence-electron chi connectivity index (χ1n) is 8.24. The number of hydrogen-bond donors (Lipinski definition) is 2. The first kappa shape index (κ1) is 20.2. The molecule has 3 rings (SSSR count). The van der Waals surface area contributed by atoms with Gasteiger partial charge in [0.2, 0.25) is 0 Å². The monoisotopic (exact) mass is 440 g/mol. The van der Waals surface area contributed by atoms with E-state index in [1.807, 2.05) is 47.0 Å². The molecule has 2 nitrogen and oxygen atoms in total. The van der Waals surface area contributed by atoms with Gasteiger partial charge >= 0.3 is 0 Å². The van der Waals surface area contributed by atoms with Crippen LogP contribution in [-0.4, -0.2) is 54.6 Å². The van der Waals surface area contributed by atoms with Crippen LogP contribution in [0.1, 0.15) is 25.7 Å². The largest absolute Gasteiger partial charge is 0.391 e. The molecule has 0 amide bonds. The summed E-state index contributed by atoms with van der Waals surface area (Å²) in [5.41, 5.74) is 0.